The van der Waals surface area contributed by atoms with Gasteiger partial charge in [-0.1, -0.05) is 93.5 Å². The summed E-state index contributed by atoms with van der Waals surface area (Å²) in [4.78, 5) is 24.9. The van der Waals surface area contributed by atoms with E-state index in [1.165, 1.54) is 0 Å². The normalized spacial score (nSPS) is 20.6. The molecule has 2 fully saturated rings. The smallest absolute Gasteiger partial charge is 0.507 e. The lowest BCUT2D eigenvalue weighted by molar-refractivity contribution is -0.337. The number of aryl methyl sites for hydroxylation is 4. The van der Waals surface area contributed by atoms with Crippen LogP contribution >= 0.6 is 0 Å². The Hall–Kier alpha value is -3.58. The number of rotatable bonds is 14. The summed E-state index contributed by atoms with van der Waals surface area (Å²) in [5.74, 6) is 0.653. The molecule has 4 rings (SSSR count). The van der Waals surface area contributed by atoms with Crippen molar-refractivity contribution >= 4 is 12.3 Å². The van der Waals surface area contributed by atoms with E-state index >= 15 is 0 Å². The highest BCUT2D eigenvalue weighted by molar-refractivity contribution is 5.60. The Labute approximate surface area is 339 Å². The van der Waals surface area contributed by atoms with Crippen LogP contribution in [0, 0.1) is 30.1 Å². The van der Waals surface area contributed by atoms with Crippen LogP contribution in [0.25, 0.3) is 0 Å². The van der Waals surface area contributed by atoms with Crippen LogP contribution in [-0.4, -0.2) is 88.0 Å². The SMILES string of the molecule is Cc1cc(CCCOC(=O)OCC(C)(C)C2OCC3(CO2)COC(C(C)(C)COC(=O)OCCCc2cc(C)c(O)c(C(C)(C)C)c2)OC3)cc(C(C)(C)C)c1O. The van der Waals surface area contributed by atoms with Gasteiger partial charge in [-0.05, 0) is 83.7 Å². The first-order valence-electron chi connectivity index (χ1n) is 20.1. The molecule has 320 valence electrons. The van der Waals surface area contributed by atoms with Crippen LogP contribution in [0.5, 0.6) is 11.5 Å². The standard InChI is InChI=1S/C45H68O12/c1-29-19-31(21-33(35(29)46)41(3,4)5)15-13-17-50-39(48)56-23-43(9,10)37-52-25-45(26-53-37)27-54-38(55-28-45)44(11,12)24-57-40(49)51-18-14-16-32-20-30(2)36(47)34(22-32)42(6,7)8/h19-22,37-38,46-47H,13-18,23-28H2,1-12H3. The second-order valence-electron chi connectivity index (χ2n) is 19.5. The van der Waals surface area contributed by atoms with E-state index in [9.17, 15) is 19.8 Å². The fraction of sp³-hybridized carbons (Fsp3) is 0.689. The summed E-state index contributed by atoms with van der Waals surface area (Å²) in [5, 5.41) is 21.0. The van der Waals surface area contributed by atoms with Crippen molar-refractivity contribution in [3.05, 3.63) is 57.6 Å². The van der Waals surface area contributed by atoms with Gasteiger partial charge in [0, 0.05) is 0 Å². The maximum absolute atomic E-state index is 12.4. The quantitative estimate of drug-likeness (QED) is 0.139. The Bertz CT molecular complexity index is 1540. The lowest BCUT2D eigenvalue weighted by atomic mass is 9.83. The Balaban J connectivity index is 1.12. The molecule has 12 nitrogen and oxygen atoms in total. The number of carbonyl (C=O) groups excluding carboxylic acids is 2. The number of phenolic OH excluding ortho intramolecular Hbond substituents is 2. The summed E-state index contributed by atoms with van der Waals surface area (Å²) in [7, 11) is 0. The molecule has 0 amide bonds. The van der Waals surface area contributed by atoms with Crippen LogP contribution in [0.4, 0.5) is 9.59 Å². The maximum Gasteiger partial charge on any atom is 0.508 e. The lowest BCUT2D eigenvalue weighted by Crippen LogP contribution is -2.57. The summed E-state index contributed by atoms with van der Waals surface area (Å²) in [5.41, 5.74) is 3.44. The van der Waals surface area contributed by atoms with Crippen LogP contribution in [0.15, 0.2) is 24.3 Å². The third kappa shape index (κ3) is 12.7. The van der Waals surface area contributed by atoms with Gasteiger partial charge in [-0.25, -0.2) is 9.59 Å². The molecule has 0 saturated carbocycles. The first-order valence-corrected chi connectivity index (χ1v) is 20.1. The molecule has 57 heavy (non-hydrogen) atoms. The van der Waals surface area contributed by atoms with Gasteiger partial charge in [0.2, 0.25) is 0 Å². The molecule has 2 aliphatic rings. The molecule has 0 aromatic heterocycles. The van der Waals surface area contributed by atoms with Crippen molar-refractivity contribution in [3.8, 4) is 11.5 Å². The van der Waals surface area contributed by atoms with E-state index in [1.54, 1.807) is 0 Å². The zero-order valence-electron chi connectivity index (χ0n) is 36.4. The molecule has 2 aliphatic heterocycles. The minimum absolute atomic E-state index is 0.0394. The van der Waals surface area contributed by atoms with E-state index in [2.05, 4.69) is 41.5 Å². The van der Waals surface area contributed by atoms with Gasteiger partial charge in [-0.2, -0.15) is 0 Å². The molecule has 0 unspecified atom stereocenters. The van der Waals surface area contributed by atoms with Crippen LogP contribution < -0.4 is 0 Å². The van der Waals surface area contributed by atoms with E-state index in [0.29, 0.717) is 63.6 Å². The number of hydrogen-bond acceptors (Lipinski definition) is 12. The van der Waals surface area contributed by atoms with Gasteiger partial charge in [0.05, 0.1) is 55.9 Å². The van der Waals surface area contributed by atoms with Crippen molar-refractivity contribution in [1.29, 1.82) is 0 Å². The first kappa shape index (κ1) is 46.1. The first-order chi connectivity index (χ1) is 26.4. The van der Waals surface area contributed by atoms with Gasteiger partial charge in [0.15, 0.2) is 12.6 Å². The van der Waals surface area contributed by atoms with Crippen LogP contribution in [0.1, 0.15) is 115 Å². The number of phenols is 2. The number of carbonyl (C=O) groups is 2. The third-order valence-electron chi connectivity index (χ3n) is 10.6. The molecule has 2 aromatic rings. The fourth-order valence-corrected chi connectivity index (χ4v) is 6.97. The predicted octanol–water partition coefficient (Wildman–Crippen LogP) is 8.97. The van der Waals surface area contributed by atoms with E-state index in [4.69, 9.17) is 37.9 Å². The number of hydrogen-bond donors (Lipinski definition) is 2. The van der Waals surface area contributed by atoms with Crippen molar-refractivity contribution in [1.82, 2.24) is 0 Å². The molecule has 1 spiro atoms. The van der Waals surface area contributed by atoms with E-state index < -0.39 is 41.1 Å². The van der Waals surface area contributed by atoms with Gasteiger partial charge in [-0.15, -0.1) is 0 Å². The van der Waals surface area contributed by atoms with Crippen molar-refractivity contribution in [2.45, 2.75) is 132 Å². The molecule has 0 atom stereocenters. The Morgan fingerprint density at radius 2 is 0.930 bits per heavy atom. The monoisotopic (exact) mass is 800 g/mol. The molecule has 0 bridgehead atoms. The van der Waals surface area contributed by atoms with Crippen molar-refractivity contribution in [2.75, 3.05) is 52.9 Å². The van der Waals surface area contributed by atoms with Gasteiger partial charge in [-0.3, -0.25) is 0 Å². The topological polar surface area (TPSA) is 148 Å². The largest absolute Gasteiger partial charge is 0.508 e. The van der Waals surface area contributed by atoms with Gasteiger partial charge >= 0.3 is 12.3 Å². The molecular weight excluding hydrogens is 732 g/mol. The summed E-state index contributed by atoms with van der Waals surface area (Å²) < 4.78 is 46.2. The number of aromatic hydroxyl groups is 2. The zero-order chi connectivity index (χ0) is 42.4. The van der Waals surface area contributed by atoms with Crippen LogP contribution in [0.2, 0.25) is 0 Å². The van der Waals surface area contributed by atoms with Crippen molar-refractivity contribution in [3.63, 3.8) is 0 Å². The summed E-state index contributed by atoms with van der Waals surface area (Å²) in [6.45, 7) is 25.6. The van der Waals surface area contributed by atoms with Crippen molar-refractivity contribution in [2.24, 2.45) is 16.2 Å². The molecule has 12 heteroatoms. The third-order valence-corrected chi connectivity index (χ3v) is 10.6. The van der Waals surface area contributed by atoms with E-state index in [0.717, 1.165) is 33.4 Å². The maximum atomic E-state index is 12.4. The molecule has 0 radical (unpaired) electrons. The average molecular weight is 801 g/mol. The summed E-state index contributed by atoms with van der Waals surface area (Å²) in [6.07, 6.45) is -0.0969. The summed E-state index contributed by atoms with van der Waals surface area (Å²) >= 11 is 0. The van der Waals surface area contributed by atoms with Crippen molar-refractivity contribution < 1.29 is 57.7 Å². The van der Waals surface area contributed by atoms with E-state index in [1.807, 2.05) is 65.8 Å². The fourth-order valence-electron chi connectivity index (χ4n) is 6.97. The Kier molecular flexibility index (Phi) is 15.0. The minimum atomic E-state index is -0.747. The van der Waals surface area contributed by atoms with Gasteiger partial charge in [0.1, 0.15) is 24.7 Å². The molecule has 2 aromatic carbocycles. The second-order valence-corrected chi connectivity index (χ2v) is 19.5. The van der Waals surface area contributed by atoms with Crippen LogP contribution in [0.3, 0.4) is 0 Å². The average Bonchev–Trinajstić information content (AvgIpc) is 3.12. The molecular formula is C45H68O12. The van der Waals surface area contributed by atoms with Crippen LogP contribution in [-0.2, 0) is 61.6 Å². The summed E-state index contributed by atoms with van der Waals surface area (Å²) in [6, 6.07) is 7.97. The van der Waals surface area contributed by atoms with Gasteiger partial charge < -0.3 is 48.1 Å². The Morgan fingerprint density at radius 1 is 0.596 bits per heavy atom. The molecule has 2 heterocycles. The molecule has 2 saturated heterocycles. The highest BCUT2D eigenvalue weighted by Crippen LogP contribution is 2.39. The Morgan fingerprint density at radius 3 is 1.25 bits per heavy atom. The zero-order valence-corrected chi connectivity index (χ0v) is 36.4. The minimum Gasteiger partial charge on any atom is -0.507 e. The highest BCUT2D eigenvalue weighted by Gasteiger charge is 2.48. The number of ether oxygens (including phenoxy) is 8. The lowest BCUT2D eigenvalue weighted by Gasteiger charge is -2.48. The van der Waals surface area contributed by atoms with E-state index in [-0.39, 0.29) is 37.3 Å². The second kappa shape index (κ2) is 18.6. The molecule has 0 aliphatic carbocycles. The molecule has 2 N–H and O–H groups in total. The van der Waals surface area contributed by atoms with Gasteiger partial charge in [0.25, 0.3) is 0 Å². The highest BCUT2D eigenvalue weighted by atomic mass is 16.7. The number of benzene rings is 2. The predicted molar refractivity (Wildman–Crippen MR) is 216 cm³/mol.